The van der Waals surface area contributed by atoms with Crippen LogP contribution in [0, 0.1) is 5.92 Å². The molecule has 11 aliphatic rings. The summed E-state index contributed by atoms with van der Waals surface area (Å²) in [5.74, 6) is -1.85. The zero-order chi connectivity index (χ0) is 88.1. The summed E-state index contributed by atoms with van der Waals surface area (Å²) >= 11 is 0. The number of hydrogen-bond donors (Lipinski definition) is 2. The number of carbonyl (C=O) groups excluding carboxylic acids is 4. The van der Waals surface area contributed by atoms with E-state index in [4.69, 9.17) is 23.7 Å². The van der Waals surface area contributed by atoms with Crippen molar-refractivity contribution in [3.63, 3.8) is 0 Å². The Balaban J connectivity index is 0.000000140. The fourth-order valence-corrected chi connectivity index (χ4v) is 25.8. The fourth-order valence-electron chi connectivity index (χ4n) is 17.2. The first kappa shape index (κ1) is 94.4. The van der Waals surface area contributed by atoms with Crippen LogP contribution in [0.4, 0.5) is 26.3 Å². The van der Waals surface area contributed by atoms with Crippen molar-refractivity contribution in [2.75, 3.05) is 151 Å². The van der Waals surface area contributed by atoms with Crippen molar-refractivity contribution in [3.8, 4) is 5.75 Å². The molecular formula is C81H106F6N10O20S5. The number of alkyl halides is 6. The average molecular weight is 1810 g/mol. The topological polar surface area (TPSA) is 344 Å². The number of sulfonamides is 5. The molecule has 0 radical (unpaired) electrons. The van der Waals surface area contributed by atoms with Gasteiger partial charge < -0.3 is 53.8 Å². The number of hydrogen-bond acceptors (Lipinski definition) is 25. The molecule has 1 saturated carbocycles. The molecule has 0 amide bonds. The lowest BCUT2D eigenvalue weighted by Gasteiger charge is -2.43. The van der Waals surface area contributed by atoms with Crippen LogP contribution in [0.1, 0.15) is 146 Å². The molecule has 30 nitrogen and oxygen atoms in total. The van der Waals surface area contributed by atoms with Crippen molar-refractivity contribution < 1.29 is 116 Å². The van der Waals surface area contributed by atoms with Crippen molar-refractivity contribution >= 4 is 73.2 Å². The van der Waals surface area contributed by atoms with Crippen LogP contribution in [0.25, 0.3) is 0 Å². The number of nitrogens with zero attached hydrogens (tertiary/aromatic N) is 8. The molecule has 1 aliphatic carbocycles. The summed E-state index contributed by atoms with van der Waals surface area (Å²) in [6, 6.07) is 26.6. The number of Topliss-reactive ketones (excluding diaryl/α,β-unsaturated/α-hetero) is 4. The third kappa shape index (κ3) is 21.1. The third-order valence-electron chi connectivity index (χ3n) is 24.2. The molecule has 0 bridgehead atoms. The van der Waals surface area contributed by atoms with Gasteiger partial charge in [0.05, 0.1) is 57.5 Å². The van der Waals surface area contributed by atoms with E-state index in [0.717, 1.165) is 107 Å². The van der Waals surface area contributed by atoms with E-state index in [1.807, 2.05) is 7.05 Å². The molecule has 5 aromatic rings. The minimum atomic E-state index is -5.00. The van der Waals surface area contributed by atoms with E-state index < -0.39 is 108 Å². The van der Waals surface area contributed by atoms with E-state index in [1.165, 1.54) is 87.2 Å². The van der Waals surface area contributed by atoms with Crippen molar-refractivity contribution in [2.45, 2.75) is 170 Å². The minimum Gasteiger partial charge on any atom is -0.406 e. The number of ether oxygens (including phenoxy) is 6. The summed E-state index contributed by atoms with van der Waals surface area (Å²) < 4.78 is 244. The minimum absolute atomic E-state index is 0.0713. The van der Waals surface area contributed by atoms with Gasteiger partial charge in [-0.25, -0.2) is 42.1 Å². The second-order valence-electron chi connectivity index (χ2n) is 32.0. The molecule has 10 aliphatic heterocycles. The van der Waals surface area contributed by atoms with E-state index in [0.29, 0.717) is 153 Å². The molecular weight excluding hydrogens is 1710 g/mol. The number of piperidine rings is 5. The van der Waals surface area contributed by atoms with E-state index in [-0.39, 0.29) is 61.5 Å². The van der Waals surface area contributed by atoms with Gasteiger partial charge in [-0.05, 0) is 164 Å². The first-order valence-corrected chi connectivity index (χ1v) is 48.0. The van der Waals surface area contributed by atoms with E-state index >= 15 is 0 Å². The van der Waals surface area contributed by atoms with Crippen LogP contribution in [-0.2, 0) is 73.8 Å². The largest absolute Gasteiger partial charge is 0.573 e. The first-order chi connectivity index (χ1) is 57.5. The molecule has 16 rings (SSSR count). The van der Waals surface area contributed by atoms with Gasteiger partial charge in [-0.2, -0.15) is 34.7 Å². The smallest absolute Gasteiger partial charge is 0.406 e. The van der Waals surface area contributed by atoms with Gasteiger partial charge in [0.15, 0.2) is 17.3 Å². The number of rotatable bonds is 18. The monoisotopic (exact) mass is 1810 g/mol. The molecule has 5 aromatic carbocycles. The Hall–Kier alpha value is -6.69. The van der Waals surface area contributed by atoms with Gasteiger partial charge in [-0.1, -0.05) is 43.3 Å². The Morgan fingerprint density at radius 1 is 0.377 bits per heavy atom. The second-order valence-corrected chi connectivity index (χ2v) is 41.3. The van der Waals surface area contributed by atoms with Gasteiger partial charge >= 0.3 is 12.5 Å². The van der Waals surface area contributed by atoms with Gasteiger partial charge in [0.1, 0.15) is 34.4 Å². The Morgan fingerprint density at radius 3 is 0.885 bits per heavy atom. The van der Waals surface area contributed by atoms with Crippen LogP contribution < -0.4 is 15.4 Å². The van der Waals surface area contributed by atoms with Gasteiger partial charge in [0.2, 0.25) is 50.1 Å². The third-order valence-corrected chi connectivity index (χ3v) is 34.0. The SMILES string of the molecule is CC(=O)c1ccc(S(=O)(=O)N2CCOC23CCN(C)CC3)cc1.CC(=O)c1ccc(S(=O)(=O)N2CCOC23CCN(CC2CC2)CC3)cc1.CCN1CCC2(CC1)OCCN2S(=O)(=O)c1ccc(C(C)=O)cc1.O=C(c1ccc(S(=O)(=O)N2CCOC23CCNCC3)cc1)C(F)(F)F.O=S(=O)(c1ccc(OC(F)(F)F)cc1)N1CCOC12CCNCC2. The quantitative estimate of drug-likeness (QED) is 0.0614. The standard InChI is InChI=1S/C19H26N2O4S.C17H24N2O4S.C16H22N2O4S.C15H17F3N2O4S.C14H17F3N2O4S/c1-15(22)17-4-6-18(7-5-17)26(23,24)21-12-13-25-19(21)8-10-20(11-9-19)14-16-2-3-16;1-3-18-10-8-17(9-11-18)19(12-13-23-17)24(21,22)16-6-4-15(5-7-16)14(2)20;1-13(19)14-3-5-15(6-4-14)23(20,21)18-11-12-22-16(18)7-9-17(2)10-8-16;16-15(17,18)13(21)11-1-3-12(4-2-11)25(22,23)20-9-10-24-14(20)5-7-19-8-6-14;15-14(16,17)23-11-1-3-12(4-2-11)24(20,21)19-9-10-22-13(19)5-7-18-8-6-13/h4-7,16H,2-3,8-14H2,1H3;4-7H,3,8-13H2,1-2H3;3-6H,7-12H2,1-2H3;1-4,19H,5-10H2;1-4,18H,5-10H2. The highest BCUT2D eigenvalue weighted by Gasteiger charge is 2.56. The van der Waals surface area contributed by atoms with Crippen LogP contribution in [0.3, 0.4) is 0 Å². The molecule has 5 spiro atoms. The second kappa shape index (κ2) is 38.1. The molecule has 672 valence electrons. The van der Waals surface area contributed by atoms with Crippen LogP contribution in [0.5, 0.6) is 5.75 Å². The zero-order valence-electron chi connectivity index (χ0n) is 68.7. The average Bonchev–Trinajstić information content (AvgIpc) is 1.52. The highest BCUT2D eigenvalue weighted by molar-refractivity contribution is 7.90. The Bertz CT molecular complexity index is 5110. The normalized spacial score (nSPS) is 22.5. The number of carbonyl (C=O) groups is 4. The van der Waals surface area contributed by atoms with Crippen LogP contribution >= 0.6 is 0 Å². The highest BCUT2D eigenvalue weighted by atomic mass is 32.2. The van der Waals surface area contributed by atoms with Gasteiger partial charge in [0.25, 0.3) is 5.78 Å². The van der Waals surface area contributed by atoms with E-state index in [9.17, 15) is 87.6 Å². The van der Waals surface area contributed by atoms with Crippen LogP contribution in [-0.4, -0.2) is 294 Å². The summed E-state index contributed by atoms with van der Waals surface area (Å²) in [6.45, 7) is 19.6. The number of likely N-dealkylation sites (tertiary alicyclic amines) is 3. The lowest BCUT2D eigenvalue weighted by molar-refractivity contribution is -0.274. The summed E-state index contributed by atoms with van der Waals surface area (Å²) in [7, 11) is -16.7. The van der Waals surface area contributed by atoms with Gasteiger partial charge in [-0.3, -0.25) is 19.2 Å². The molecule has 11 fully saturated rings. The molecule has 0 unspecified atom stereocenters. The lowest BCUT2D eigenvalue weighted by atomic mass is 10.0. The maximum atomic E-state index is 13.2. The highest BCUT2D eigenvalue weighted by Crippen LogP contribution is 2.45. The molecule has 41 heteroatoms. The molecule has 10 heterocycles. The predicted octanol–water partition coefficient (Wildman–Crippen LogP) is 8.38. The van der Waals surface area contributed by atoms with Crippen molar-refractivity contribution in [2.24, 2.45) is 5.92 Å². The molecule has 0 atom stereocenters. The zero-order valence-corrected chi connectivity index (χ0v) is 72.8. The summed E-state index contributed by atoms with van der Waals surface area (Å²) in [6.07, 6.45) is -0.958. The molecule has 122 heavy (non-hydrogen) atoms. The number of benzene rings is 5. The first-order valence-electron chi connectivity index (χ1n) is 40.8. The van der Waals surface area contributed by atoms with Crippen LogP contribution in [0.15, 0.2) is 146 Å². The molecule has 0 aromatic heterocycles. The van der Waals surface area contributed by atoms with Crippen molar-refractivity contribution in [1.29, 1.82) is 0 Å². The van der Waals surface area contributed by atoms with Crippen molar-refractivity contribution in [1.82, 2.24) is 46.9 Å². The van der Waals surface area contributed by atoms with Crippen LogP contribution in [0.2, 0.25) is 0 Å². The molecule has 10 saturated heterocycles. The number of nitrogens with one attached hydrogen (secondary N) is 2. The Kier molecular flexibility index (Phi) is 29.5. The Morgan fingerprint density at radius 2 is 0.631 bits per heavy atom. The maximum Gasteiger partial charge on any atom is 0.573 e. The van der Waals surface area contributed by atoms with Crippen molar-refractivity contribution in [3.05, 3.63) is 144 Å². The van der Waals surface area contributed by atoms with Gasteiger partial charge in [0, 0.05) is 165 Å². The van der Waals surface area contributed by atoms with E-state index in [1.54, 1.807) is 40.7 Å². The number of halogens is 6. The lowest BCUT2D eigenvalue weighted by Crippen LogP contribution is -2.55. The van der Waals surface area contributed by atoms with Gasteiger partial charge in [-0.15, -0.1) is 13.2 Å². The summed E-state index contributed by atoms with van der Waals surface area (Å²) in [4.78, 5) is 52.7. The predicted molar refractivity (Wildman–Crippen MR) is 433 cm³/mol. The van der Waals surface area contributed by atoms with E-state index in [2.05, 4.69) is 37.0 Å². The summed E-state index contributed by atoms with van der Waals surface area (Å²) in [5.41, 5.74) is -2.99. The Labute approximate surface area is 709 Å². The molecule has 2 N–H and O–H groups in total. The fraction of sp³-hybridized carbons (Fsp3) is 0.580. The summed E-state index contributed by atoms with van der Waals surface area (Å²) in [5, 5.41) is 6.29. The number of ketones is 4. The maximum absolute atomic E-state index is 13.2.